The summed E-state index contributed by atoms with van der Waals surface area (Å²) in [5, 5.41) is 48.2. The van der Waals surface area contributed by atoms with Gasteiger partial charge < -0.3 is 31.5 Å². The summed E-state index contributed by atoms with van der Waals surface area (Å²) in [6.45, 7) is 0.536. The van der Waals surface area contributed by atoms with Gasteiger partial charge >= 0.3 is 0 Å². The first-order chi connectivity index (χ1) is 18.0. The summed E-state index contributed by atoms with van der Waals surface area (Å²) in [5.41, 5.74) is 3.52. The molecule has 10 heteroatoms. The van der Waals surface area contributed by atoms with Gasteiger partial charge in [0.1, 0.15) is 22.8 Å². The summed E-state index contributed by atoms with van der Waals surface area (Å²) in [5.74, 6) is -6.40. The van der Waals surface area contributed by atoms with Crippen LogP contribution < -0.4 is 11.1 Å². The fraction of sp³-hybridized carbons (Fsp3) is 0.536. The van der Waals surface area contributed by atoms with Gasteiger partial charge in [-0.2, -0.15) is 0 Å². The summed E-state index contributed by atoms with van der Waals surface area (Å²) in [6.07, 6.45) is 6.16. The van der Waals surface area contributed by atoms with Crippen LogP contribution >= 0.6 is 0 Å². The summed E-state index contributed by atoms with van der Waals surface area (Å²) in [4.78, 5) is 40.6. The van der Waals surface area contributed by atoms with E-state index in [2.05, 4.69) is 5.32 Å². The highest BCUT2D eigenvalue weighted by Gasteiger charge is 2.64. The number of fused-ring (bicyclic) bond motifs is 3. The Morgan fingerprint density at radius 3 is 2.45 bits per heavy atom. The van der Waals surface area contributed by atoms with E-state index in [4.69, 9.17) is 5.73 Å². The molecule has 2 fully saturated rings. The molecule has 2 saturated carbocycles. The molecule has 38 heavy (non-hydrogen) atoms. The lowest BCUT2D eigenvalue weighted by Crippen LogP contribution is -2.65. The van der Waals surface area contributed by atoms with Gasteiger partial charge in [-0.1, -0.05) is 25.3 Å². The SMILES string of the molecule is CN(C)C1C(=O)C(C(N)=O)=C(O)C2(O)C(=O)C3=C(O)c4c(O)ccc(CNC5CCCCC5)c4CC3CC12. The number of hydrogen-bond donors (Lipinski definition) is 6. The maximum absolute atomic E-state index is 13.9. The molecule has 0 bridgehead atoms. The quantitative estimate of drug-likeness (QED) is 0.311. The number of aliphatic hydroxyl groups is 3. The summed E-state index contributed by atoms with van der Waals surface area (Å²) >= 11 is 0. The maximum Gasteiger partial charge on any atom is 0.255 e. The number of carbonyl (C=O) groups is 3. The van der Waals surface area contributed by atoms with Crippen LogP contribution in [0.3, 0.4) is 0 Å². The first kappa shape index (κ1) is 26.4. The molecule has 4 aliphatic carbocycles. The van der Waals surface area contributed by atoms with Gasteiger partial charge in [-0.05, 0) is 62.9 Å². The topological polar surface area (TPSA) is 173 Å². The van der Waals surface area contributed by atoms with Crippen LogP contribution in [-0.4, -0.2) is 74.6 Å². The van der Waals surface area contributed by atoms with Gasteiger partial charge in [0.05, 0.1) is 11.6 Å². The standard InChI is InChI=1S/C28H35N3O7/c1-31(2)22-17-11-14-10-16-13(12-30-15-6-4-3-5-7-15)8-9-18(32)20(16)23(33)19(14)25(35)28(17,38)26(36)21(24(22)34)27(29)37/h8-9,14-15,17,22,30,32-33,36,38H,3-7,10-12H2,1-2H3,(H2,29,37). The Kier molecular flexibility index (Phi) is 6.61. The number of amides is 1. The first-order valence-electron chi connectivity index (χ1n) is 13.2. The minimum Gasteiger partial charge on any atom is -0.508 e. The fourth-order valence-electron chi connectivity index (χ4n) is 7.03. The van der Waals surface area contributed by atoms with Gasteiger partial charge in [-0.25, -0.2) is 0 Å². The highest BCUT2D eigenvalue weighted by molar-refractivity contribution is 6.24. The van der Waals surface area contributed by atoms with E-state index in [1.54, 1.807) is 14.1 Å². The van der Waals surface area contributed by atoms with Gasteiger partial charge in [-0.15, -0.1) is 0 Å². The third-order valence-corrected chi connectivity index (χ3v) is 8.89. The minimum atomic E-state index is -2.62. The molecule has 0 saturated heterocycles. The smallest absolute Gasteiger partial charge is 0.255 e. The molecule has 0 heterocycles. The Bertz CT molecular complexity index is 1280. The van der Waals surface area contributed by atoms with Crippen LogP contribution in [-0.2, 0) is 27.3 Å². The van der Waals surface area contributed by atoms with Gasteiger partial charge in [-0.3, -0.25) is 19.3 Å². The van der Waals surface area contributed by atoms with Crippen LogP contribution in [0.2, 0.25) is 0 Å². The largest absolute Gasteiger partial charge is 0.508 e. The van der Waals surface area contributed by atoms with E-state index in [0.717, 1.165) is 18.4 Å². The fourth-order valence-corrected chi connectivity index (χ4v) is 7.03. The molecule has 1 amide bonds. The number of aromatic hydroxyl groups is 1. The second kappa shape index (κ2) is 9.52. The number of aliphatic hydroxyl groups excluding tert-OH is 2. The maximum atomic E-state index is 13.9. The molecule has 4 unspecified atom stereocenters. The number of Topliss-reactive ketones (excluding diaryl/α,β-unsaturated/α-hetero) is 2. The predicted molar refractivity (Wildman–Crippen MR) is 138 cm³/mol. The van der Waals surface area contributed by atoms with Crippen molar-refractivity contribution in [2.24, 2.45) is 17.6 Å². The third kappa shape index (κ3) is 3.85. The van der Waals surface area contributed by atoms with E-state index in [1.807, 2.05) is 6.07 Å². The molecule has 7 N–H and O–H groups in total. The monoisotopic (exact) mass is 525 g/mol. The summed E-state index contributed by atoms with van der Waals surface area (Å²) in [7, 11) is 3.17. The van der Waals surface area contributed by atoms with Crippen LogP contribution in [0.4, 0.5) is 0 Å². The van der Waals surface area contributed by atoms with Crippen LogP contribution in [0.15, 0.2) is 29.0 Å². The molecule has 10 nitrogen and oxygen atoms in total. The Balaban J connectivity index is 1.60. The van der Waals surface area contributed by atoms with Crippen molar-refractivity contribution in [3.05, 3.63) is 45.7 Å². The lowest BCUT2D eigenvalue weighted by Gasteiger charge is -2.50. The molecule has 0 radical (unpaired) electrons. The van der Waals surface area contributed by atoms with Crippen LogP contribution in [0, 0.1) is 11.8 Å². The van der Waals surface area contributed by atoms with E-state index < -0.39 is 58.0 Å². The van der Waals surface area contributed by atoms with Crippen molar-refractivity contribution >= 4 is 23.2 Å². The van der Waals surface area contributed by atoms with E-state index >= 15 is 0 Å². The number of primary amides is 1. The second-order valence-electron chi connectivity index (χ2n) is 11.3. The van der Waals surface area contributed by atoms with Crippen LogP contribution in [0.25, 0.3) is 5.76 Å². The van der Waals surface area contributed by atoms with Crippen LogP contribution in [0.5, 0.6) is 5.75 Å². The predicted octanol–water partition coefficient (Wildman–Crippen LogP) is 1.39. The third-order valence-electron chi connectivity index (χ3n) is 8.89. The minimum absolute atomic E-state index is 0.0803. The van der Waals surface area contributed by atoms with Crippen molar-refractivity contribution in [1.29, 1.82) is 0 Å². The second-order valence-corrected chi connectivity index (χ2v) is 11.3. The number of ketones is 2. The zero-order valence-corrected chi connectivity index (χ0v) is 21.7. The van der Waals surface area contributed by atoms with Crippen molar-refractivity contribution in [1.82, 2.24) is 10.2 Å². The molecule has 5 rings (SSSR count). The molecule has 204 valence electrons. The van der Waals surface area contributed by atoms with E-state index in [0.29, 0.717) is 24.6 Å². The molecule has 1 aromatic carbocycles. The van der Waals surface area contributed by atoms with E-state index in [-0.39, 0.29) is 23.3 Å². The molecular formula is C28H35N3O7. The number of carbonyl (C=O) groups excluding carboxylic acids is 3. The van der Waals surface area contributed by atoms with Crippen LogP contribution in [0.1, 0.15) is 55.2 Å². The number of hydrogen-bond acceptors (Lipinski definition) is 9. The number of benzene rings is 1. The molecular weight excluding hydrogens is 490 g/mol. The van der Waals surface area contributed by atoms with Crippen molar-refractivity contribution in [2.75, 3.05) is 14.1 Å². The van der Waals surface area contributed by atoms with Gasteiger partial charge in [0.15, 0.2) is 11.4 Å². The van der Waals surface area contributed by atoms with E-state index in [1.165, 1.54) is 30.2 Å². The average molecular weight is 526 g/mol. The molecule has 4 atom stereocenters. The lowest BCUT2D eigenvalue weighted by atomic mass is 9.57. The Labute approximate surface area is 220 Å². The highest BCUT2D eigenvalue weighted by Crippen LogP contribution is 2.52. The molecule has 4 aliphatic rings. The first-order valence-corrected chi connectivity index (χ1v) is 13.2. The number of nitrogens with two attached hydrogens (primary N) is 1. The normalized spacial score (nSPS) is 29.8. The highest BCUT2D eigenvalue weighted by atomic mass is 16.3. The number of phenols is 1. The number of nitrogens with one attached hydrogen (secondary N) is 1. The zero-order chi connectivity index (χ0) is 27.5. The molecule has 0 aromatic heterocycles. The van der Waals surface area contributed by atoms with Crippen molar-refractivity contribution in [3.8, 4) is 5.75 Å². The summed E-state index contributed by atoms with van der Waals surface area (Å²) < 4.78 is 0. The number of phenolic OH excluding ortho intramolecular Hbond substituents is 1. The van der Waals surface area contributed by atoms with E-state index in [9.17, 15) is 34.8 Å². The van der Waals surface area contributed by atoms with Crippen molar-refractivity contribution in [2.45, 2.75) is 69.2 Å². The summed E-state index contributed by atoms with van der Waals surface area (Å²) in [6, 6.07) is 2.59. The Hall–Kier alpha value is -3.21. The number of rotatable bonds is 5. The van der Waals surface area contributed by atoms with Gasteiger partial charge in [0.2, 0.25) is 5.78 Å². The lowest BCUT2D eigenvalue weighted by molar-refractivity contribution is -0.153. The Morgan fingerprint density at radius 2 is 1.82 bits per heavy atom. The zero-order valence-electron chi connectivity index (χ0n) is 21.7. The molecule has 0 spiro atoms. The molecule has 1 aromatic rings. The Morgan fingerprint density at radius 1 is 1.13 bits per heavy atom. The average Bonchev–Trinajstić information content (AvgIpc) is 2.86. The van der Waals surface area contributed by atoms with Gasteiger partial charge in [0.25, 0.3) is 5.91 Å². The molecule has 0 aliphatic heterocycles. The van der Waals surface area contributed by atoms with Gasteiger partial charge in [0, 0.05) is 24.1 Å². The van der Waals surface area contributed by atoms with Crippen molar-refractivity contribution in [3.63, 3.8) is 0 Å². The number of nitrogens with zero attached hydrogens (tertiary/aromatic N) is 1. The number of likely N-dealkylation sites (N-methyl/N-ethyl adjacent to an activating group) is 1. The van der Waals surface area contributed by atoms with Crippen molar-refractivity contribution < 1.29 is 34.8 Å².